The van der Waals surface area contributed by atoms with Gasteiger partial charge in [0.1, 0.15) is 5.56 Å². The van der Waals surface area contributed by atoms with E-state index >= 15 is 0 Å². The molecular weight excluding hydrogens is 240 g/mol. The minimum atomic E-state index is -0.103. The number of nitrogens with zero attached hydrogens (tertiary/aromatic N) is 3. The van der Waals surface area contributed by atoms with Gasteiger partial charge in [-0.2, -0.15) is 5.10 Å². The largest absolute Gasteiger partial charge is 0.349 e. The molecule has 2 aromatic heterocycles. The lowest BCUT2D eigenvalue weighted by atomic mass is 10.2. The predicted octanol–water partition coefficient (Wildman–Crippen LogP) is 2.26. The molecule has 0 aliphatic heterocycles. The van der Waals surface area contributed by atoms with Gasteiger partial charge in [0.15, 0.2) is 5.65 Å². The third kappa shape index (κ3) is 2.75. The molecule has 2 heterocycles. The first kappa shape index (κ1) is 13.5. The van der Waals surface area contributed by atoms with Gasteiger partial charge in [-0.25, -0.2) is 9.50 Å². The Kier molecular flexibility index (Phi) is 3.83. The molecule has 1 amide bonds. The zero-order valence-corrected chi connectivity index (χ0v) is 11.9. The van der Waals surface area contributed by atoms with Crippen molar-refractivity contribution in [1.82, 2.24) is 19.9 Å². The zero-order valence-electron chi connectivity index (χ0n) is 11.9. The van der Waals surface area contributed by atoms with E-state index in [0.717, 1.165) is 24.2 Å². The minimum Gasteiger partial charge on any atom is -0.349 e. The highest BCUT2D eigenvalue weighted by molar-refractivity contribution is 5.99. The number of hydrogen-bond acceptors (Lipinski definition) is 3. The number of nitrogens with one attached hydrogen (secondary N) is 1. The molecule has 1 unspecified atom stereocenters. The fourth-order valence-electron chi connectivity index (χ4n) is 2.24. The summed E-state index contributed by atoms with van der Waals surface area (Å²) in [6.45, 7) is 7.99. The van der Waals surface area contributed by atoms with E-state index in [9.17, 15) is 4.79 Å². The van der Waals surface area contributed by atoms with E-state index in [1.54, 1.807) is 10.7 Å². The molecule has 0 aliphatic carbocycles. The molecule has 2 rings (SSSR count). The van der Waals surface area contributed by atoms with Gasteiger partial charge in [0.2, 0.25) is 0 Å². The Hall–Kier alpha value is -1.91. The van der Waals surface area contributed by atoms with Gasteiger partial charge in [0.05, 0.1) is 6.20 Å². The van der Waals surface area contributed by atoms with Gasteiger partial charge in [-0.3, -0.25) is 4.79 Å². The molecular formula is C14H20N4O. The second kappa shape index (κ2) is 5.38. The summed E-state index contributed by atoms with van der Waals surface area (Å²) in [5, 5.41) is 7.21. The highest BCUT2D eigenvalue weighted by Gasteiger charge is 2.16. The fraction of sp³-hybridized carbons (Fsp3) is 0.500. The van der Waals surface area contributed by atoms with E-state index < -0.39 is 0 Å². The summed E-state index contributed by atoms with van der Waals surface area (Å²) in [5.74, 6) is -0.103. The summed E-state index contributed by atoms with van der Waals surface area (Å²) >= 11 is 0. The van der Waals surface area contributed by atoms with E-state index in [4.69, 9.17) is 0 Å². The van der Waals surface area contributed by atoms with Crippen LogP contribution in [0.4, 0.5) is 0 Å². The van der Waals surface area contributed by atoms with Crippen LogP contribution in [-0.2, 0) is 0 Å². The Morgan fingerprint density at radius 2 is 2.21 bits per heavy atom. The topological polar surface area (TPSA) is 59.3 Å². The SMILES string of the molecule is CCCC(C)NC(=O)c1cnn2c(C)cc(C)nc12. The summed E-state index contributed by atoms with van der Waals surface area (Å²) in [5.41, 5.74) is 3.03. The normalized spacial score (nSPS) is 12.6. The van der Waals surface area contributed by atoms with Crippen molar-refractivity contribution in [2.45, 2.75) is 46.6 Å². The summed E-state index contributed by atoms with van der Waals surface area (Å²) in [6.07, 6.45) is 3.60. The molecule has 0 spiro atoms. The van der Waals surface area contributed by atoms with Crippen LogP contribution in [0.3, 0.4) is 0 Å². The number of aromatic nitrogens is 3. The van der Waals surface area contributed by atoms with E-state index in [2.05, 4.69) is 22.3 Å². The van der Waals surface area contributed by atoms with Crippen LogP contribution in [0.5, 0.6) is 0 Å². The molecule has 0 aliphatic rings. The van der Waals surface area contributed by atoms with Gasteiger partial charge in [-0.1, -0.05) is 13.3 Å². The molecule has 0 saturated heterocycles. The molecule has 1 atom stereocenters. The van der Waals surface area contributed by atoms with Crippen LogP contribution in [0.25, 0.3) is 5.65 Å². The molecule has 5 heteroatoms. The van der Waals surface area contributed by atoms with Crippen molar-refractivity contribution in [2.75, 3.05) is 0 Å². The lowest BCUT2D eigenvalue weighted by molar-refractivity contribution is 0.0940. The fourth-order valence-corrected chi connectivity index (χ4v) is 2.24. The first-order chi connectivity index (χ1) is 9.02. The molecule has 19 heavy (non-hydrogen) atoms. The highest BCUT2D eigenvalue weighted by atomic mass is 16.1. The Labute approximate surface area is 113 Å². The first-order valence-corrected chi connectivity index (χ1v) is 6.65. The van der Waals surface area contributed by atoms with Gasteiger partial charge in [0.25, 0.3) is 5.91 Å². The number of carbonyl (C=O) groups is 1. The zero-order chi connectivity index (χ0) is 14.0. The van der Waals surface area contributed by atoms with Crippen LogP contribution in [0.15, 0.2) is 12.3 Å². The molecule has 5 nitrogen and oxygen atoms in total. The summed E-state index contributed by atoms with van der Waals surface area (Å²) < 4.78 is 1.70. The molecule has 0 radical (unpaired) electrons. The maximum absolute atomic E-state index is 12.2. The maximum Gasteiger partial charge on any atom is 0.256 e. The summed E-state index contributed by atoms with van der Waals surface area (Å²) in [7, 11) is 0. The molecule has 0 aromatic carbocycles. The van der Waals surface area contributed by atoms with E-state index in [-0.39, 0.29) is 11.9 Å². The molecule has 2 aromatic rings. The quantitative estimate of drug-likeness (QED) is 0.917. The summed E-state index contributed by atoms with van der Waals surface area (Å²) in [6, 6.07) is 2.11. The van der Waals surface area contributed by atoms with Gasteiger partial charge < -0.3 is 5.32 Å². The first-order valence-electron chi connectivity index (χ1n) is 6.65. The predicted molar refractivity (Wildman–Crippen MR) is 74.3 cm³/mol. The van der Waals surface area contributed by atoms with Crippen molar-refractivity contribution < 1.29 is 4.79 Å². The second-order valence-corrected chi connectivity index (χ2v) is 5.00. The number of hydrogen-bond donors (Lipinski definition) is 1. The van der Waals surface area contributed by atoms with Crippen molar-refractivity contribution in [2.24, 2.45) is 0 Å². The molecule has 102 valence electrons. The van der Waals surface area contributed by atoms with Crippen LogP contribution >= 0.6 is 0 Å². The molecule has 1 N–H and O–H groups in total. The van der Waals surface area contributed by atoms with Gasteiger partial charge >= 0.3 is 0 Å². The van der Waals surface area contributed by atoms with Crippen molar-refractivity contribution in [3.05, 3.63) is 29.2 Å². The van der Waals surface area contributed by atoms with Gasteiger partial charge in [0, 0.05) is 17.4 Å². The number of rotatable bonds is 4. The van der Waals surface area contributed by atoms with Crippen molar-refractivity contribution in [3.63, 3.8) is 0 Å². The Balaban J connectivity index is 2.32. The lowest BCUT2D eigenvalue weighted by Gasteiger charge is -2.11. The Morgan fingerprint density at radius 1 is 1.47 bits per heavy atom. The molecule has 0 bridgehead atoms. The van der Waals surface area contributed by atoms with Crippen LogP contribution in [0, 0.1) is 13.8 Å². The Morgan fingerprint density at radius 3 is 2.89 bits per heavy atom. The van der Waals surface area contributed by atoms with E-state index in [1.807, 2.05) is 26.8 Å². The third-order valence-electron chi connectivity index (χ3n) is 3.12. The molecule has 0 saturated carbocycles. The van der Waals surface area contributed by atoms with Crippen LogP contribution in [-0.4, -0.2) is 26.5 Å². The average Bonchev–Trinajstić information content (AvgIpc) is 2.72. The molecule has 0 fully saturated rings. The second-order valence-electron chi connectivity index (χ2n) is 5.00. The number of fused-ring (bicyclic) bond motifs is 1. The number of aryl methyl sites for hydroxylation is 2. The van der Waals surface area contributed by atoms with Crippen molar-refractivity contribution in [1.29, 1.82) is 0 Å². The van der Waals surface area contributed by atoms with Gasteiger partial charge in [-0.05, 0) is 33.3 Å². The summed E-state index contributed by atoms with van der Waals surface area (Å²) in [4.78, 5) is 16.6. The van der Waals surface area contributed by atoms with Crippen molar-refractivity contribution in [3.8, 4) is 0 Å². The van der Waals surface area contributed by atoms with Crippen LogP contribution in [0.2, 0.25) is 0 Å². The number of carbonyl (C=O) groups excluding carboxylic acids is 1. The van der Waals surface area contributed by atoms with E-state index in [1.165, 1.54) is 0 Å². The van der Waals surface area contributed by atoms with Crippen molar-refractivity contribution >= 4 is 11.6 Å². The van der Waals surface area contributed by atoms with E-state index in [0.29, 0.717) is 11.2 Å². The Bertz CT molecular complexity index is 603. The lowest BCUT2D eigenvalue weighted by Crippen LogP contribution is -2.32. The smallest absolute Gasteiger partial charge is 0.256 e. The standard InChI is InChI=1S/C14H20N4O/c1-5-6-9(2)17-14(19)12-8-15-18-11(4)7-10(3)16-13(12)18/h7-9H,5-6H2,1-4H3,(H,17,19). The average molecular weight is 260 g/mol. The maximum atomic E-state index is 12.2. The minimum absolute atomic E-state index is 0.103. The number of amides is 1. The monoisotopic (exact) mass is 260 g/mol. The highest BCUT2D eigenvalue weighted by Crippen LogP contribution is 2.12. The van der Waals surface area contributed by atoms with Crippen LogP contribution < -0.4 is 5.32 Å². The van der Waals surface area contributed by atoms with Gasteiger partial charge in [-0.15, -0.1) is 0 Å². The van der Waals surface area contributed by atoms with Crippen LogP contribution in [0.1, 0.15) is 48.4 Å². The third-order valence-corrected chi connectivity index (χ3v) is 3.12.